The van der Waals surface area contributed by atoms with Crippen LogP contribution in [0, 0.1) is 13.8 Å². The summed E-state index contributed by atoms with van der Waals surface area (Å²) in [5.74, 6) is 2.52. The molecule has 1 saturated carbocycles. The van der Waals surface area contributed by atoms with Gasteiger partial charge in [0.1, 0.15) is 17.4 Å². The maximum atomic E-state index is 6.33. The van der Waals surface area contributed by atoms with E-state index in [1.54, 1.807) is 6.20 Å². The van der Waals surface area contributed by atoms with Crippen LogP contribution in [0.3, 0.4) is 0 Å². The fourth-order valence-corrected chi connectivity index (χ4v) is 3.77. The van der Waals surface area contributed by atoms with Gasteiger partial charge in [0.25, 0.3) is 0 Å². The zero-order valence-corrected chi connectivity index (χ0v) is 15.8. The third kappa shape index (κ3) is 3.94. The van der Waals surface area contributed by atoms with Gasteiger partial charge < -0.3 is 15.8 Å². The van der Waals surface area contributed by atoms with E-state index in [0.29, 0.717) is 6.04 Å². The fraction of sp³-hybridized carbons (Fsp3) is 0.381. The van der Waals surface area contributed by atoms with E-state index in [-0.39, 0.29) is 6.10 Å². The van der Waals surface area contributed by atoms with Gasteiger partial charge in [-0.2, -0.15) is 0 Å². The molecule has 3 N–H and O–H groups in total. The second-order valence-electron chi connectivity index (χ2n) is 7.23. The van der Waals surface area contributed by atoms with Crippen molar-refractivity contribution in [2.45, 2.75) is 51.7 Å². The van der Waals surface area contributed by atoms with Crippen LogP contribution < -0.4 is 15.8 Å². The maximum Gasteiger partial charge on any atom is 0.131 e. The molecule has 3 aromatic rings. The van der Waals surface area contributed by atoms with Crippen molar-refractivity contribution in [1.29, 1.82) is 0 Å². The van der Waals surface area contributed by atoms with E-state index < -0.39 is 0 Å². The summed E-state index contributed by atoms with van der Waals surface area (Å²) in [6, 6.07) is 10.2. The predicted molar refractivity (Wildman–Crippen MR) is 108 cm³/mol. The average Bonchev–Trinajstić information content (AvgIpc) is 2.63. The Morgan fingerprint density at radius 2 is 1.89 bits per heavy atom. The summed E-state index contributed by atoms with van der Waals surface area (Å²) in [7, 11) is 0. The molecule has 6 nitrogen and oxygen atoms in total. The SMILES string of the molecule is Cc1cc(N)c2c(O[C@H]3CC[C@H](Nc4ccnc(C)n4)CC3)cccc2n1. The summed E-state index contributed by atoms with van der Waals surface area (Å²) in [5, 5.41) is 4.43. The van der Waals surface area contributed by atoms with Crippen molar-refractivity contribution in [3.63, 3.8) is 0 Å². The Morgan fingerprint density at radius 3 is 2.67 bits per heavy atom. The van der Waals surface area contributed by atoms with Crippen LogP contribution in [0.5, 0.6) is 5.75 Å². The van der Waals surface area contributed by atoms with Crippen molar-refractivity contribution in [2.75, 3.05) is 11.1 Å². The van der Waals surface area contributed by atoms with Crippen molar-refractivity contribution in [3.05, 3.63) is 48.0 Å². The first kappa shape index (κ1) is 17.5. The minimum absolute atomic E-state index is 0.196. The topological polar surface area (TPSA) is 86.0 Å². The van der Waals surface area contributed by atoms with Crippen LogP contribution in [0.4, 0.5) is 11.5 Å². The molecule has 0 radical (unpaired) electrons. The Morgan fingerprint density at radius 1 is 1.07 bits per heavy atom. The third-order valence-corrected chi connectivity index (χ3v) is 5.05. The molecule has 27 heavy (non-hydrogen) atoms. The third-order valence-electron chi connectivity index (χ3n) is 5.05. The van der Waals surface area contributed by atoms with Gasteiger partial charge in [-0.05, 0) is 63.8 Å². The Bertz CT molecular complexity index is 950. The highest BCUT2D eigenvalue weighted by Crippen LogP contribution is 2.33. The molecule has 0 atom stereocenters. The molecule has 4 rings (SSSR count). The summed E-state index contributed by atoms with van der Waals surface area (Å²) in [5.41, 5.74) is 8.77. The van der Waals surface area contributed by atoms with Gasteiger partial charge in [0.05, 0.1) is 17.0 Å². The number of nitrogens with zero attached hydrogens (tertiary/aromatic N) is 3. The summed E-state index contributed by atoms with van der Waals surface area (Å²) in [6.45, 7) is 3.86. The second-order valence-corrected chi connectivity index (χ2v) is 7.23. The first-order valence-electron chi connectivity index (χ1n) is 9.47. The van der Waals surface area contributed by atoms with E-state index in [0.717, 1.165) is 65.4 Å². The predicted octanol–water partition coefficient (Wildman–Crippen LogP) is 4.03. The van der Waals surface area contributed by atoms with Crippen molar-refractivity contribution < 1.29 is 4.74 Å². The Hall–Kier alpha value is -2.89. The molecule has 0 aliphatic heterocycles. The van der Waals surface area contributed by atoms with Crippen LogP contribution in [0.1, 0.15) is 37.2 Å². The summed E-state index contributed by atoms with van der Waals surface area (Å²) >= 11 is 0. The molecule has 0 amide bonds. The maximum absolute atomic E-state index is 6.33. The molecule has 0 bridgehead atoms. The zero-order chi connectivity index (χ0) is 18.8. The van der Waals surface area contributed by atoms with E-state index in [1.807, 2.05) is 44.2 Å². The van der Waals surface area contributed by atoms with Crippen LogP contribution >= 0.6 is 0 Å². The molecule has 6 heteroatoms. The molecule has 1 fully saturated rings. The number of hydrogen-bond donors (Lipinski definition) is 2. The molecule has 2 aromatic heterocycles. The lowest BCUT2D eigenvalue weighted by atomic mass is 9.93. The van der Waals surface area contributed by atoms with Gasteiger partial charge in [0.15, 0.2) is 0 Å². The molecule has 1 aliphatic rings. The second kappa shape index (κ2) is 7.39. The van der Waals surface area contributed by atoms with Gasteiger partial charge in [-0.1, -0.05) is 6.07 Å². The molecule has 1 aromatic carbocycles. The number of ether oxygens (including phenoxy) is 1. The number of aryl methyl sites for hydroxylation is 2. The monoisotopic (exact) mass is 363 g/mol. The highest BCUT2D eigenvalue weighted by atomic mass is 16.5. The lowest BCUT2D eigenvalue weighted by Crippen LogP contribution is -2.31. The van der Waals surface area contributed by atoms with Crippen molar-refractivity contribution in [3.8, 4) is 5.75 Å². The van der Waals surface area contributed by atoms with Crippen LogP contribution in [0.15, 0.2) is 36.5 Å². The van der Waals surface area contributed by atoms with Gasteiger partial charge in [-0.15, -0.1) is 0 Å². The van der Waals surface area contributed by atoms with Crippen molar-refractivity contribution >= 4 is 22.4 Å². The summed E-state index contributed by atoms with van der Waals surface area (Å²) < 4.78 is 6.33. The fourth-order valence-electron chi connectivity index (χ4n) is 3.77. The number of anilines is 2. The molecule has 140 valence electrons. The molecule has 2 heterocycles. The normalized spacial score (nSPS) is 19.8. The number of nitrogens with one attached hydrogen (secondary N) is 1. The minimum Gasteiger partial charge on any atom is -0.490 e. The highest BCUT2D eigenvalue weighted by Gasteiger charge is 2.23. The van der Waals surface area contributed by atoms with E-state index in [9.17, 15) is 0 Å². The number of benzene rings is 1. The summed E-state index contributed by atoms with van der Waals surface area (Å²) in [4.78, 5) is 13.1. The van der Waals surface area contributed by atoms with E-state index in [4.69, 9.17) is 10.5 Å². The quantitative estimate of drug-likeness (QED) is 0.728. The van der Waals surface area contributed by atoms with E-state index >= 15 is 0 Å². The molecule has 1 aliphatic carbocycles. The Labute approximate surface area is 159 Å². The Kier molecular flexibility index (Phi) is 4.79. The molecule has 0 unspecified atom stereocenters. The van der Waals surface area contributed by atoms with Gasteiger partial charge in [-0.25, -0.2) is 9.97 Å². The van der Waals surface area contributed by atoms with Gasteiger partial charge in [-0.3, -0.25) is 4.98 Å². The number of hydrogen-bond acceptors (Lipinski definition) is 6. The van der Waals surface area contributed by atoms with Gasteiger partial charge in [0.2, 0.25) is 0 Å². The molecule has 0 saturated heterocycles. The summed E-state index contributed by atoms with van der Waals surface area (Å²) in [6.07, 6.45) is 6.08. The smallest absolute Gasteiger partial charge is 0.131 e. The number of fused-ring (bicyclic) bond motifs is 1. The first-order chi connectivity index (χ1) is 13.1. The number of pyridine rings is 1. The highest BCUT2D eigenvalue weighted by molar-refractivity contribution is 5.95. The van der Waals surface area contributed by atoms with Crippen molar-refractivity contribution in [2.24, 2.45) is 0 Å². The zero-order valence-electron chi connectivity index (χ0n) is 15.8. The molecular weight excluding hydrogens is 338 g/mol. The lowest BCUT2D eigenvalue weighted by Gasteiger charge is -2.30. The largest absolute Gasteiger partial charge is 0.490 e. The van der Waals surface area contributed by atoms with Gasteiger partial charge in [0, 0.05) is 23.6 Å². The minimum atomic E-state index is 0.196. The molecule has 0 spiro atoms. The van der Waals surface area contributed by atoms with E-state index in [2.05, 4.69) is 20.3 Å². The van der Waals surface area contributed by atoms with Crippen molar-refractivity contribution in [1.82, 2.24) is 15.0 Å². The number of nitrogen functional groups attached to an aromatic ring is 1. The first-order valence-corrected chi connectivity index (χ1v) is 9.47. The number of rotatable bonds is 4. The lowest BCUT2D eigenvalue weighted by molar-refractivity contribution is 0.152. The van der Waals surface area contributed by atoms with Crippen LogP contribution in [0.2, 0.25) is 0 Å². The number of aromatic nitrogens is 3. The van der Waals surface area contributed by atoms with Crippen LogP contribution in [0.25, 0.3) is 10.9 Å². The molecular formula is C21H25N5O. The number of nitrogens with two attached hydrogens (primary N) is 1. The van der Waals surface area contributed by atoms with Crippen LogP contribution in [-0.4, -0.2) is 27.1 Å². The Balaban J connectivity index is 1.42. The average molecular weight is 363 g/mol. The van der Waals surface area contributed by atoms with Crippen LogP contribution in [-0.2, 0) is 0 Å². The van der Waals surface area contributed by atoms with Gasteiger partial charge >= 0.3 is 0 Å². The standard InChI is InChI=1S/C21H25N5O/c1-13-12-17(22)21-18(24-13)4-3-5-19(21)27-16-8-6-15(7-9-16)26-20-10-11-23-14(2)25-20/h3-5,10-12,15-16H,6-9H2,1-2H3,(H2,22,24)(H,23,25,26)/t15-,16-. The van der Waals surface area contributed by atoms with E-state index in [1.165, 1.54) is 0 Å².